The molecule has 0 aliphatic heterocycles. The van der Waals surface area contributed by atoms with Gasteiger partial charge in [0.15, 0.2) is 5.96 Å². The first-order valence-electron chi connectivity index (χ1n) is 7.05. The Balaban J connectivity index is 0.00000200. The van der Waals surface area contributed by atoms with Gasteiger partial charge in [-0.3, -0.25) is 0 Å². The highest BCUT2D eigenvalue weighted by molar-refractivity contribution is 14.0. The van der Waals surface area contributed by atoms with E-state index >= 15 is 0 Å². The van der Waals surface area contributed by atoms with E-state index in [1.165, 1.54) is 31.7 Å². The number of benzene rings is 1. The molecule has 5 heteroatoms. The second-order valence-corrected chi connectivity index (χ2v) is 5.13. The molecule has 0 amide bonds. The van der Waals surface area contributed by atoms with E-state index in [1.54, 1.807) is 12.1 Å². The summed E-state index contributed by atoms with van der Waals surface area (Å²) in [5, 5.41) is 3.25. The van der Waals surface area contributed by atoms with Crippen molar-refractivity contribution in [3.05, 3.63) is 35.6 Å². The van der Waals surface area contributed by atoms with E-state index in [2.05, 4.69) is 10.3 Å². The fraction of sp³-hybridized carbons (Fsp3) is 0.533. The fourth-order valence-corrected chi connectivity index (χ4v) is 2.48. The maximum absolute atomic E-state index is 13.4. The number of nitrogens with two attached hydrogens (primary N) is 1. The van der Waals surface area contributed by atoms with E-state index in [0.717, 1.165) is 12.8 Å². The lowest BCUT2D eigenvalue weighted by Crippen LogP contribution is -2.39. The standard InChI is InChI=1S/C15H22FN3.HI/c16-14-10-6-5-7-12(14)11-18-15(17)19-13-8-3-1-2-4-9-13;/h5-7,10,13H,1-4,8-9,11H2,(H3,17,18,19);1H. The molecule has 1 aliphatic carbocycles. The summed E-state index contributed by atoms with van der Waals surface area (Å²) in [4.78, 5) is 4.22. The van der Waals surface area contributed by atoms with Crippen molar-refractivity contribution in [2.24, 2.45) is 10.7 Å². The molecule has 0 saturated heterocycles. The summed E-state index contributed by atoms with van der Waals surface area (Å²) in [7, 11) is 0. The SMILES string of the molecule is I.NC(=NCc1ccccc1F)NC1CCCCCC1. The minimum absolute atomic E-state index is 0. The summed E-state index contributed by atoms with van der Waals surface area (Å²) in [6.45, 7) is 0.290. The first-order chi connectivity index (χ1) is 9.25. The Morgan fingerprint density at radius 1 is 1.20 bits per heavy atom. The normalized spacial score (nSPS) is 17.1. The molecule has 0 radical (unpaired) electrons. The van der Waals surface area contributed by atoms with E-state index in [4.69, 9.17) is 5.73 Å². The number of nitrogens with zero attached hydrogens (tertiary/aromatic N) is 1. The summed E-state index contributed by atoms with van der Waals surface area (Å²) in [5.41, 5.74) is 6.45. The highest BCUT2D eigenvalue weighted by atomic mass is 127. The minimum atomic E-state index is -0.228. The van der Waals surface area contributed by atoms with Crippen LogP contribution in [0.15, 0.2) is 29.3 Å². The molecule has 0 heterocycles. The van der Waals surface area contributed by atoms with Crippen LogP contribution >= 0.6 is 24.0 Å². The third kappa shape index (κ3) is 5.64. The van der Waals surface area contributed by atoms with Crippen LogP contribution in [0.5, 0.6) is 0 Å². The van der Waals surface area contributed by atoms with Crippen molar-refractivity contribution in [1.82, 2.24) is 5.32 Å². The van der Waals surface area contributed by atoms with Gasteiger partial charge in [0.1, 0.15) is 5.82 Å². The lowest BCUT2D eigenvalue weighted by atomic mass is 10.1. The van der Waals surface area contributed by atoms with Crippen molar-refractivity contribution in [2.75, 3.05) is 0 Å². The molecule has 3 N–H and O–H groups in total. The second kappa shape index (κ2) is 9.15. The van der Waals surface area contributed by atoms with E-state index in [-0.39, 0.29) is 36.3 Å². The molecule has 0 unspecified atom stereocenters. The van der Waals surface area contributed by atoms with E-state index in [1.807, 2.05) is 6.07 Å². The van der Waals surface area contributed by atoms with Crippen LogP contribution in [0.2, 0.25) is 0 Å². The summed E-state index contributed by atoms with van der Waals surface area (Å²) >= 11 is 0. The van der Waals surface area contributed by atoms with Crippen molar-refractivity contribution in [3.63, 3.8) is 0 Å². The van der Waals surface area contributed by atoms with Crippen LogP contribution < -0.4 is 11.1 Å². The number of nitrogens with one attached hydrogen (secondary N) is 1. The molecule has 0 aromatic heterocycles. The zero-order chi connectivity index (χ0) is 13.5. The van der Waals surface area contributed by atoms with Gasteiger partial charge in [-0.1, -0.05) is 43.9 Å². The lowest BCUT2D eigenvalue weighted by molar-refractivity contribution is 0.530. The Bertz CT molecular complexity index is 429. The van der Waals surface area contributed by atoms with Gasteiger partial charge in [-0.05, 0) is 18.9 Å². The predicted octanol–water partition coefficient (Wildman–Crippen LogP) is 3.57. The molecule has 20 heavy (non-hydrogen) atoms. The van der Waals surface area contributed by atoms with Gasteiger partial charge in [-0.2, -0.15) is 0 Å². The summed E-state index contributed by atoms with van der Waals surface area (Å²) in [6, 6.07) is 7.09. The van der Waals surface area contributed by atoms with Gasteiger partial charge in [0.25, 0.3) is 0 Å². The number of halogens is 2. The average Bonchev–Trinajstić information content (AvgIpc) is 2.66. The highest BCUT2D eigenvalue weighted by Gasteiger charge is 2.12. The molecule has 2 rings (SSSR count). The van der Waals surface area contributed by atoms with Crippen LogP contribution in [0.4, 0.5) is 4.39 Å². The maximum Gasteiger partial charge on any atom is 0.189 e. The zero-order valence-corrected chi connectivity index (χ0v) is 14.0. The molecule has 1 fully saturated rings. The van der Waals surface area contributed by atoms with Gasteiger partial charge < -0.3 is 11.1 Å². The maximum atomic E-state index is 13.4. The summed E-state index contributed by atoms with van der Waals surface area (Å²) < 4.78 is 13.4. The van der Waals surface area contributed by atoms with Crippen molar-refractivity contribution in [1.29, 1.82) is 0 Å². The molecular formula is C15H23FIN3. The number of hydrogen-bond acceptors (Lipinski definition) is 1. The third-order valence-corrected chi connectivity index (χ3v) is 3.58. The molecule has 3 nitrogen and oxygen atoms in total. The van der Waals surface area contributed by atoms with E-state index < -0.39 is 0 Å². The molecule has 0 atom stereocenters. The van der Waals surface area contributed by atoms with Gasteiger partial charge in [-0.15, -0.1) is 24.0 Å². The molecule has 1 saturated carbocycles. The molecule has 0 bridgehead atoms. The van der Waals surface area contributed by atoms with Gasteiger partial charge in [0, 0.05) is 11.6 Å². The van der Waals surface area contributed by atoms with Crippen LogP contribution in [0.3, 0.4) is 0 Å². The number of hydrogen-bond donors (Lipinski definition) is 2. The van der Waals surface area contributed by atoms with Crippen molar-refractivity contribution >= 4 is 29.9 Å². The van der Waals surface area contributed by atoms with Crippen molar-refractivity contribution in [2.45, 2.75) is 51.1 Å². The van der Waals surface area contributed by atoms with E-state index in [0.29, 0.717) is 17.6 Å². The minimum Gasteiger partial charge on any atom is -0.370 e. The zero-order valence-electron chi connectivity index (χ0n) is 11.6. The van der Waals surface area contributed by atoms with Gasteiger partial charge in [0.05, 0.1) is 6.54 Å². The monoisotopic (exact) mass is 391 g/mol. The largest absolute Gasteiger partial charge is 0.370 e. The quantitative estimate of drug-likeness (QED) is 0.358. The average molecular weight is 391 g/mol. The first kappa shape index (κ1) is 17.2. The number of aliphatic imine (C=N–C) groups is 1. The second-order valence-electron chi connectivity index (χ2n) is 5.13. The fourth-order valence-electron chi connectivity index (χ4n) is 2.48. The van der Waals surface area contributed by atoms with Gasteiger partial charge in [0.2, 0.25) is 0 Å². The van der Waals surface area contributed by atoms with Crippen LogP contribution in [0.1, 0.15) is 44.1 Å². The van der Waals surface area contributed by atoms with Gasteiger partial charge >= 0.3 is 0 Å². The summed E-state index contributed by atoms with van der Waals surface area (Å²) in [5.74, 6) is 0.198. The van der Waals surface area contributed by atoms with Crippen LogP contribution in [-0.2, 0) is 6.54 Å². The summed E-state index contributed by atoms with van der Waals surface area (Å²) in [6.07, 6.45) is 7.41. The van der Waals surface area contributed by atoms with Crippen LogP contribution in [-0.4, -0.2) is 12.0 Å². The van der Waals surface area contributed by atoms with Crippen molar-refractivity contribution in [3.8, 4) is 0 Å². The Kier molecular flexibility index (Phi) is 7.87. The first-order valence-corrected chi connectivity index (χ1v) is 7.05. The number of rotatable bonds is 3. The Morgan fingerprint density at radius 2 is 1.85 bits per heavy atom. The Hall–Kier alpha value is -0.850. The van der Waals surface area contributed by atoms with Gasteiger partial charge in [-0.25, -0.2) is 9.38 Å². The van der Waals surface area contributed by atoms with E-state index in [9.17, 15) is 4.39 Å². The van der Waals surface area contributed by atoms with Crippen molar-refractivity contribution < 1.29 is 4.39 Å². The molecule has 1 aromatic carbocycles. The van der Waals surface area contributed by atoms with Crippen LogP contribution in [0, 0.1) is 5.82 Å². The Morgan fingerprint density at radius 3 is 2.50 bits per heavy atom. The topological polar surface area (TPSA) is 50.4 Å². The smallest absolute Gasteiger partial charge is 0.189 e. The molecule has 1 aliphatic rings. The Labute approximate surface area is 137 Å². The third-order valence-electron chi connectivity index (χ3n) is 3.58. The molecule has 1 aromatic rings. The predicted molar refractivity (Wildman–Crippen MR) is 91.8 cm³/mol. The molecular weight excluding hydrogens is 368 g/mol. The number of guanidine groups is 1. The highest BCUT2D eigenvalue weighted by Crippen LogP contribution is 2.17. The molecule has 0 spiro atoms. The van der Waals surface area contributed by atoms with Crippen LogP contribution in [0.25, 0.3) is 0 Å². The lowest BCUT2D eigenvalue weighted by Gasteiger charge is -2.16. The molecule has 112 valence electrons.